The molecule has 0 bridgehead atoms. The van der Waals surface area contributed by atoms with Gasteiger partial charge in [0, 0.05) is 17.0 Å². The maximum atomic E-state index is 12.8. The number of benzene rings is 2. The molecule has 2 N–H and O–H groups in total. The lowest BCUT2D eigenvalue weighted by atomic mass is 10.2. The van der Waals surface area contributed by atoms with E-state index in [4.69, 9.17) is 9.84 Å². The van der Waals surface area contributed by atoms with E-state index < -0.39 is 5.97 Å². The van der Waals surface area contributed by atoms with Crippen LogP contribution in [0.3, 0.4) is 0 Å². The van der Waals surface area contributed by atoms with E-state index >= 15 is 0 Å². The van der Waals surface area contributed by atoms with Gasteiger partial charge >= 0.3 is 5.97 Å². The summed E-state index contributed by atoms with van der Waals surface area (Å²) in [5.41, 5.74) is 0.793. The first kappa shape index (κ1) is 12.2. The maximum absolute atomic E-state index is 12.8. The number of ether oxygens (including phenoxy) is 1. The normalized spacial score (nSPS) is 10.7. The number of aromatic nitrogens is 1. The Labute approximate surface area is 113 Å². The van der Waals surface area contributed by atoms with Crippen molar-refractivity contribution in [2.45, 2.75) is 0 Å². The number of carboxylic acids is 1. The van der Waals surface area contributed by atoms with Crippen molar-refractivity contribution >= 4 is 16.9 Å². The summed E-state index contributed by atoms with van der Waals surface area (Å²) in [6.45, 7) is 0. The molecule has 1 aromatic heterocycles. The van der Waals surface area contributed by atoms with E-state index in [1.807, 2.05) is 0 Å². The first-order valence-corrected chi connectivity index (χ1v) is 5.91. The van der Waals surface area contributed by atoms with E-state index in [1.165, 1.54) is 24.3 Å². The van der Waals surface area contributed by atoms with Gasteiger partial charge in [-0.3, -0.25) is 0 Å². The molecule has 0 amide bonds. The van der Waals surface area contributed by atoms with E-state index in [2.05, 4.69) is 4.98 Å². The summed E-state index contributed by atoms with van der Waals surface area (Å²) in [6, 6.07) is 12.4. The number of carbonyl (C=O) groups is 1. The molecule has 5 heteroatoms. The van der Waals surface area contributed by atoms with E-state index in [0.717, 1.165) is 5.39 Å². The fraction of sp³-hybridized carbons (Fsp3) is 0. The Morgan fingerprint density at radius 2 is 1.75 bits per heavy atom. The highest BCUT2D eigenvalue weighted by Crippen LogP contribution is 2.26. The molecular weight excluding hydrogens is 261 g/mol. The number of aromatic amines is 1. The molecule has 0 unspecified atom stereocenters. The lowest BCUT2D eigenvalue weighted by Crippen LogP contribution is -1.94. The van der Waals surface area contributed by atoms with Crippen LogP contribution >= 0.6 is 0 Å². The molecule has 0 aliphatic heterocycles. The van der Waals surface area contributed by atoms with Crippen molar-refractivity contribution < 1.29 is 19.0 Å². The molecule has 0 spiro atoms. The van der Waals surface area contributed by atoms with E-state index in [0.29, 0.717) is 17.0 Å². The molecule has 3 rings (SSSR count). The van der Waals surface area contributed by atoms with Gasteiger partial charge in [-0.25, -0.2) is 9.18 Å². The van der Waals surface area contributed by atoms with Crippen LogP contribution in [-0.2, 0) is 0 Å². The minimum Gasteiger partial charge on any atom is -0.477 e. The van der Waals surface area contributed by atoms with Gasteiger partial charge in [0.2, 0.25) is 0 Å². The average Bonchev–Trinajstić information content (AvgIpc) is 2.85. The van der Waals surface area contributed by atoms with Gasteiger partial charge in [-0.1, -0.05) is 0 Å². The quantitative estimate of drug-likeness (QED) is 0.761. The van der Waals surface area contributed by atoms with E-state index in [-0.39, 0.29) is 11.5 Å². The molecule has 1 heterocycles. The largest absolute Gasteiger partial charge is 0.477 e. The Hall–Kier alpha value is -2.82. The summed E-state index contributed by atoms with van der Waals surface area (Å²) in [4.78, 5) is 13.7. The molecule has 3 aromatic rings. The van der Waals surface area contributed by atoms with Crippen LogP contribution in [0.4, 0.5) is 4.39 Å². The number of hydrogen-bond acceptors (Lipinski definition) is 2. The zero-order chi connectivity index (χ0) is 14.1. The second-order valence-corrected chi connectivity index (χ2v) is 4.29. The summed E-state index contributed by atoms with van der Waals surface area (Å²) in [7, 11) is 0. The Bertz CT molecular complexity index is 777. The molecule has 0 atom stereocenters. The average molecular weight is 271 g/mol. The van der Waals surface area contributed by atoms with Crippen LogP contribution in [0.2, 0.25) is 0 Å². The number of hydrogen-bond donors (Lipinski definition) is 2. The van der Waals surface area contributed by atoms with Crippen molar-refractivity contribution in [1.29, 1.82) is 0 Å². The SMILES string of the molecule is O=C(O)c1cc2ccc(Oc3ccc(F)cc3)cc2[nH]1. The summed E-state index contributed by atoms with van der Waals surface area (Å²) in [5.74, 6) is -0.288. The molecular formula is C15H10FNO3. The molecule has 20 heavy (non-hydrogen) atoms. The monoisotopic (exact) mass is 271 g/mol. The second-order valence-electron chi connectivity index (χ2n) is 4.29. The number of H-pyrrole nitrogens is 1. The lowest BCUT2D eigenvalue weighted by Gasteiger charge is -2.05. The van der Waals surface area contributed by atoms with Crippen molar-refractivity contribution in [3.05, 3.63) is 60.0 Å². The zero-order valence-corrected chi connectivity index (χ0v) is 10.3. The number of rotatable bonds is 3. The summed E-state index contributed by atoms with van der Waals surface area (Å²) < 4.78 is 18.4. The Kier molecular flexibility index (Phi) is 2.87. The molecule has 0 saturated heterocycles. The number of fused-ring (bicyclic) bond motifs is 1. The third-order valence-electron chi connectivity index (χ3n) is 2.87. The predicted octanol–water partition coefficient (Wildman–Crippen LogP) is 3.80. The van der Waals surface area contributed by atoms with Crippen molar-refractivity contribution in [3.63, 3.8) is 0 Å². The molecule has 0 aliphatic carbocycles. The van der Waals surface area contributed by atoms with Gasteiger partial charge in [-0.15, -0.1) is 0 Å². The Balaban J connectivity index is 1.92. The smallest absolute Gasteiger partial charge is 0.352 e. The summed E-state index contributed by atoms with van der Waals surface area (Å²) in [5, 5.41) is 9.70. The van der Waals surface area contributed by atoms with Crippen LogP contribution in [0.25, 0.3) is 10.9 Å². The van der Waals surface area contributed by atoms with Crippen molar-refractivity contribution in [1.82, 2.24) is 4.98 Å². The number of aromatic carboxylic acids is 1. The van der Waals surface area contributed by atoms with Gasteiger partial charge in [0.15, 0.2) is 0 Å². The molecule has 0 radical (unpaired) electrons. The van der Waals surface area contributed by atoms with E-state index in [1.54, 1.807) is 24.3 Å². The van der Waals surface area contributed by atoms with Crippen molar-refractivity contribution in [3.8, 4) is 11.5 Å². The number of carboxylic acid groups (broad SMARTS) is 1. The first-order valence-electron chi connectivity index (χ1n) is 5.91. The van der Waals surface area contributed by atoms with Crippen LogP contribution < -0.4 is 4.74 Å². The topological polar surface area (TPSA) is 62.3 Å². The summed E-state index contributed by atoms with van der Waals surface area (Å²) >= 11 is 0. The second kappa shape index (κ2) is 4.70. The maximum Gasteiger partial charge on any atom is 0.352 e. The fourth-order valence-electron chi connectivity index (χ4n) is 1.92. The van der Waals surface area contributed by atoms with Crippen LogP contribution in [0.1, 0.15) is 10.5 Å². The Morgan fingerprint density at radius 1 is 1.05 bits per heavy atom. The highest BCUT2D eigenvalue weighted by molar-refractivity contribution is 5.94. The van der Waals surface area contributed by atoms with Crippen LogP contribution in [-0.4, -0.2) is 16.1 Å². The molecule has 0 saturated carbocycles. The lowest BCUT2D eigenvalue weighted by molar-refractivity contribution is 0.0691. The first-order chi connectivity index (χ1) is 9.61. The third kappa shape index (κ3) is 2.33. The molecule has 100 valence electrons. The van der Waals surface area contributed by atoms with Gasteiger partial charge in [0.25, 0.3) is 0 Å². The molecule has 2 aromatic carbocycles. The highest BCUT2D eigenvalue weighted by Gasteiger charge is 2.08. The van der Waals surface area contributed by atoms with Gasteiger partial charge in [-0.05, 0) is 42.5 Å². The summed E-state index contributed by atoms with van der Waals surface area (Å²) in [6.07, 6.45) is 0. The van der Waals surface area contributed by atoms with Crippen LogP contribution in [0.5, 0.6) is 11.5 Å². The molecule has 4 nitrogen and oxygen atoms in total. The van der Waals surface area contributed by atoms with Gasteiger partial charge < -0.3 is 14.8 Å². The fourth-order valence-corrected chi connectivity index (χ4v) is 1.92. The van der Waals surface area contributed by atoms with Crippen molar-refractivity contribution in [2.75, 3.05) is 0 Å². The van der Waals surface area contributed by atoms with Crippen molar-refractivity contribution in [2.24, 2.45) is 0 Å². The standard InChI is InChI=1S/C15H10FNO3/c16-10-2-5-11(6-3-10)20-12-4-1-9-7-14(15(18)19)17-13(9)8-12/h1-8,17H,(H,18,19). The van der Waals surface area contributed by atoms with Gasteiger partial charge in [0.05, 0.1) is 0 Å². The van der Waals surface area contributed by atoms with Gasteiger partial charge in [0.1, 0.15) is 23.0 Å². The minimum atomic E-state index is -1.01. The predicted molar refractivity (Wildman–Crippen MR) is 71.7 cm³/mol. The highest BCUT2D eigenvalue weighted by atomic mass is 19.1. The number of halogens is 1. The number of nitrogens with one attached hydrogen (secondary N) is 1. The third-order valence-corrected chi connectivity index (χ3v) is 2.87. The van der Waals surface area contributed by atoms with Gasteiger partial charge in [-0.2, -0.15) is 0 Å². The van der Waals surface area contributed by atoms with Crippen LogP contribution in [0.15, 0.2) is 48.5 Å². The Morgan fingerprint density at radius 3 is 2.45 bits per heavy atom. The molecule has 0 fully saturated rings. The van der Waals surface area contributed by atoms with Crippen LogP contribution in [0, 0.1) is 5.82 Å². The minimum absolute atomic E-state index is 0.124. The zero-order valence-electron chi connectivity index (χ0n) is 10.3. The van der Waals surface area contributed by atoms with E-state index in [9.17, 15) is 9.18 Å². The molecule has 0 aliphatic rings.